The molecule has 0 amide bonds. The minimum Gasteiger partial charge on any atom is -0.378 e. The molecule has 0 saturated carbocycles. The SMILES string of the molecule is O=[N+]([O-])c1cc([C@@H]2Nc3ccc(-c4ccccc4)cc3[C@@H]3C=CC[C@H]32)ccc1Cl. The molecule has 0 aromatic heterocycles. The standard InChI is InChI=1S/C24H19ClN2O2/c25-21-11-9-17(14-23(21)27(28)29)24-19-8-4-7-18(19)20-13-16(10-12-22(20)26-24)15-5-2-1-3-6-15/h1-7,9-14,18-19,24,26H,8H2/t18-,19-,24+/m1/s1. The lowest BCUT2D eigenvalue weighted by Gasteiger charge is -2.37. The van der Waals surface area contributed by atoms with Gasteiger partial charge in [-0.05, 0) is 52.8 Å². The number of hydrogen-bond acceptors (Lipinski definition) is 3. The van der Waals surface area contributed by atoms with Crippen molar-refractivity contribution in [2.24, 2.45) is 5.92 Å². The summed E-state index contributed by atoms with van der Waals surface area (Å²) in [4.78, 5) is 10.9. The van der Waals surface area contributed by atoms with Gasteiger partial charge in [-0.1, -0.05) is 66.2 Å². The molecule has 5 rings (SSSR count). The van der Waals surface area contributed by atoms with Crippen LogP contribution in [0.2, 0.25) is 5.02 Å². The van der Waals surface area contributed by atoms with Gasteiger partial charge in [0.15, 0.2) is 0 Å². The van der Waals surface area contributed by atoms with Crippen LogP contribution in [0.4, 0.5) is 11.4 Å². The van der Waals surface area contributed by atoms with E-state index in [2.05, 4.69) is 59.9 Å². The molecule has 1 heterocycles. The summed E-state index contributed by atoms with van der Waals surface area (Å²) in [5.74, 6) is 0.601. The summed E-state index contributed by atoms with van der Waals surface area (Å²) in [7, 11) is 0. The van der Waals surface area contributed by atoms with Crippen LogP contribution >= 0.6 is 11.6 Å². The maximum absolute atomic E-state index is 11.3. The number of nitrogens with zero attached hydrogens (tertiary/aromatic N) is 1. The number of nitro benzene ring substituents is 1. The quantitative estimate of drug-likeness (QED) is 0.300. The third-order valence-electron chi connectivity index (χ3n) is 6.00. The molecule has 1 aliphatic carbocycles. The summed E-state index contributed by atoms with van der Waals surface area (Å²) in [6.45, 7) is 0. The van der Waals surface area contributed by atoms with Gasteiger partial charge < -0.3 is 5.32 Å². The van der Waals surface area contributed by atoms with E-state index in [0.717, 1.165) is 17.7 Å². The van der Waals surface area contributed by atoms with Gasteiger partial charge in [0, 0.05) is 17.7 Å². The highest BCUT2D eigenvalue weighted by Gasteiger charge is 2.38. The van der Waals surface area contributed by atoms with Crippen LogP contribution < -0.4 is 5.32 Å². The molecule has 0 unspecified atom stereocenters. The van der Waals surface area contributed by atoms with E-state index in [0.29, 0.717) is 5.92 Å². The third-order valence-corrected chi connectivity index (χ3v) is 6.32. The topological polar surface area (TPSA) is 55.2 Å². The molecule has 0 saturated heterocycles. The molecule has 0 fully saturated rings. The van der Waals surface area contributed by atoms with E-state index in [-0.39, 0.29) is 22.7 Å². The number of anilines is 1. The van der Waals surface area contributed by atoms with Crippen molar-refractivity contribution in [3.63, 3.8) is 0 Å². The Morgan fingerprint density at radius 1 is 1.00 bits per heavy atom. The zero-order valence-corrected chi connectivity index (χ0v) is 16.3. The molecule has 2 aliphatic rings. The predicted octanol–water partition coefficient (Wildman–Crippen LogP) is 6.74. The number of benzene rings is 3. The van der Waals surface area contributed by atoms with Gasteiger partial charge in [-0.2, -0.15) is 0 Å². The van der Waals surface area contributed by atoms with E-state index < -0.39 is 4.92 Å². The molecule has 1 aliphatic heterocycles. The fraction of sp³-hybridized carbons (Fsp3) is 0.167. The number of nitrogens with one attached hydrogen (secondary N) is 1. The molecule has 0 spiro atoms. The molecule has 5 heteroatoms. The Hall–Kier alpha value is -3.11. The lowest BCUT2D eigenvalue weighted by molar-refractivity contribution is -0.384. The van der Waals surface area contributed by atoms with Gasteiger partial charge >= 0.3 is 0 Å². The Morgan fingerprint density at radius 3 is 2.62 bits per heavy atom. The number of rotatable bonds is 3. The molecule has 29 heavy (non-hydrogen) atoms. The highest BCUT2D eigenvalue weighted by molar-refractivity contribution is 6.32. The molecule has 3 aromatic rings. The Balaban J connectivity index is 1.56. The van der Waals surface area contributed by atoms with Gasteiger partial charge in [0.05, 0.1) is 11.0 Å². The van der Waals surface area contributed by atoms with Crippen molar-refractivity contribution in [3.05, 3.63) is 105 Å². The number of allylic oxidation sites excluding steroid dienone is 2. The van der Waals surface area contributed by atoms with Gasteiger partial charge in [-0.15, -0.1) is 0 Å². The van der Waals surface area contributed by atoms with Crippen molar-refractivity contribution < 1.29 is 4.92 Å². The highest BCUT2D eigenvalue weighted by atomic mass is 35.5. The number of hydrogen-bond donors (Lipinski definition) is 1. The van der Waals surface area contributed by atoms with Crippen molar-refractivity contribution in [3.8, 4) is 11.1 Å². The van der Waals surface area contributed by atoms with Gasteiger partial charge in [0.25, 0.3) is 5.69 Å². The maximum atomic E-state index is 11.3. The first kappa shape index (κ1) is 18.0. The largest absolute Gasteiger partial charge is 0.378 e. The van der Waals surface area contributed by atoms with Crippen molar-refractivity contribution in [2.75, 3.05) is 5.32 Å². The minimum atomic E-state index is -0.418. The van der Waals surface area contributed by atoms with E-state index in [4.69, 9.17) is 11.6 Å². The second-order valence-corrected chi connectivity index (χ2v) is 8.02. The molecule has 1 N–H and O–H groups in total. The summed E-state index contributed by atoms with van der Waals surface area (Å²) in [5, 5.41) is 15.2. The smallest absolute Gasteiger partial charge is 0.288 e. The first-order valence-corrected chi connectivity index (χ1v) is 10.1. The van der Waals surface area contributed by atoms with E-state index in [1.54, 1.807) is 12.1 Å². The average Bonchev–Trinajstić information content (AvgIpc) is 3.24. The monoisotopic (exact) mass is 402 g/mol. The fourth-order valence-electron chi connectivity index (χ4n) is 4.60. The van der Waals surface area contributed by atoms with Crippen LogP contribution in [0.3, 0.4) is 0 Å². The zero-order valence-electron chi connectivity index (χ0n) is 15.6. The molecule has 3 atom stereocenters. The van der Waals surface area contributed by atoms with Crippen LogP contribution in [0.15, 0.2) is 78.9 Å². The second kappa shape index (κ2) is 7.05. The first-order valence-electron chi connectivity index (χ1n) is 9.68. The van der Waals surface area contributed by atoms with Crippen molar-refractivity contribution >= 4 is 23.0 Å². The van der Waals surface area contributed by atoms with Gasteiger partial charge in [-0.25, -0.2) is 0 Å². The Morgan fingerprint density at radius 2 is 1.83 bits per heavy atom. The van der Waals surface area contributed by atoms with Crippen molar-refractivity contribution in [1.82, 2.24) is 0 Å². The molecule has 0 bridgehead atoms. The van der Waals surface area contributed by atoms with E-state index in [1.807, 2.05) is 12.1 Å². The van der Waals surface area contributed by atoms with E-state index >= 15 is 0 Å². The molecular formula is C24H19ClN2O2. The Labute approximate surface area is 174 Å². The van der Waals surface area contributed by atoms with Crippen molar-refractivity contribution in [2.45, 2.75) is 18.4 Å². The fourth-order valence-corrected chi connectivity index (χ4v) is 4.78. The van der Waals surface area contributed by atoms with E-state index in [1.165, 1.54) is 16.7 Å². The normalized spacial score (nSPS) is 21.9. The van der Waals surface area contributed by atoms with E-state index in [9.17, 15) is 10.1 Å². The molecule has 3 aromatic carbocycles. The highest BCUT2D eigenvalue weighted by Crippen LogP contribution is 2.51. The van der Waals surface area contributed by atoms with Gasteiger partial charge in [0.1, 0.15) is 5.02 Å². The molecule has 4 nitrogen and oxygen atoms in total. The minimum absolute atomic E-state index is 0.000965. The van der Waals surface area contributed by atoms with Gasteiger partial charge in [-0.3, -0.25) is 10.1 Å². The van der Waals surface area contributed by atoms with Gasteiger partial charge in [0.2, 0.25) is 0 Å². The molecular weight excluding hydrogens is 384 g/mol. The third kappa shape index (κ3) is 3.10. The summed E-state index contributed by atoms with van der Waals surface area (Å²) in [5.41, 5.74) is 5.62. The number of nitro groups is 1. The lowest BCUT2D eigenvalue weighted by Crippen LogP contribution is -2.29. The average molecular weight is 403 g/mol. The van der Waals surface area contributed by atoms with Crippen molar-refractivity contribution in [1.29, 1.82) is 0 Å². The van der Waals surface area contributed by atoms with Crippen LogP contribution in [-0.4, -0.2) is 4.92 Å². The van der Waals surface area contributed by atoms with Crippen LogP contribution in [0.1, 0.15) is 29.5 Å². The van der Waals surface area contributed by atoms with Crippen LogP contribution in [-0.2, 0) is 0 Å². The predicted molar refractivity (Wildman–Crippen MR) is 116 cm³/mol. The first-order chi connectivity index (χ1) is 14.1. The zero-order chi connectivity index (χ0) is 20.0. The van der Waals surface area contributed by atoms with Crippen LogP contribution in [0.5, 0.6) is 0 Å². The summed E-state index contributed by atoms with van der Waals surface area (Å²) in [6.07, 6.45) is 5.43. The van der Waals surface area contributed by atoms with Crippen LogP contribution in [0, 0.1) is 16.0 Å². The maximum Gasteiger partial charge on any atom is 0.288 e. The molecule has 0 radical (unpaired) electrons. The van der Waals surface area contributed by atoms with Crippen LogP contribution in [0.25, 0.3) is 11.1 Å². The summed E-state index contributed by atoms with van der Waals surface area (Å²) < 4.78 is 0. The summed E-state index contributed by atoms with van der Waals surface area (Å²) >= 11 is 6.02. The second-order valence-electron chi connectivity index (χ2n) is 7.61. The molecule has 144 valence electrons. The summed E-state index contributed by atoms with van der Waals surface area (Å²) in [6, 6.07) is 22.0. The Bertz CT molecular complexity index is 1130. The Kier molecular flexibility index (Phi) is 4.36. The number of halogens is 1. The lowest BCUT2D eigenvalue weighted by atomic mass is 9.76. The number of fused-ring (bicyclic) bond motifs is 3.